The molecule has 7 heteroatoms. The van der Waals surface area contributed by atoms with Crippen LogP contribution in [0.2, 0.25) is 0 Å². The molecule has 0 atom stereocenters. The van der Waals surface area contributed by atoms with Gasteiger partial charge in [0.15, 0.2) is 5.82 Å². The van der Waals surface area contributed by atoms with Gasteiger partial charge in [-0.3, -0.25) is 10.1 Å². The van der Waals surface area contributed by atoms with Gasteiger partial charge in [0.25, 0.3) is 0 Å². The lowest BCUT2D eigenvalue weighted by atomic mass is 9.85. The van der Waals surface area contributed by atoms with Crippen LogP contribution in [-0.2, 0) is 11.8 Å². The van der Waals surface area contributed by atoms with Crippen LogP contribution in [0.1, 0.15) is 43.8 Å². The molecule has 0 radical (unpaired) electrons. The predicted molar refractivity (Wildman–Crippen MR) is 79.1 cm³/mol. The zero-order valence-corrected chi connectivity index (χ0v) is 12.6. The molecule has 1 aliphatic heterocycles. The molecule has 2 fully saturated rings. The van der Waals surface area contributed by atoms with Crippen LogP contribution in [0.15, 0.2) is 0 Å². The van der Waals surface area contributed by atoms with Gasteiger partial charge in [0.2, 0.25) is 11.9 Å². The van der Waals surface area contributed by atoms with Crippen LogP contribution >= 0.6 is 12.4 Å². The first-order valence-electron chi connectivity index (χ1n) is 7.16. The second-order valence-electron chi connectivity index (χ2n) is 5.56. The molecule has 1 aromatic rings. The molecule has 2 aliphatic rings. The Kier molecular flexibility index (Phi) is 4.99. The van der Waals surface area contributed by atoms with Gasteiger partial charge in [-0.2, -0.15) is 10.1 Å². The van der Waals surface area contributed by atoms with E-state index in [-0.39, 0.29) is 24.2 Å². The van der Waals surface area contributed by atoms with E-state index in [9.17, 15) is 4.79 Å². The van der Waals surface area contributed by atoms with E-state index in [2.05, 4.69) is 20.7 Å². The Morgan fingerprint density at radius 1 is 1.30 bits per heavy atom. The number of carbonyl (C=O) groups is 1. The molecule has 1 aromatic heterocycles. The van der Waals surface area contributed by atoms with Crippen LogP contribution in [0, 0.1) is 5.92 Å². The number of halogens is 1. The maximum Gasteiger partial charge on any atom is 0.229 e. The average molecular weight is 300 g/mol. The standard InChI is InChI=1S/C13H21N5O.ClH/c1-18-13(16-12(19)10-3-2-4-10)15-11(17-18)9-5-7-14-8-6-9;/h9-10,14H,2-8H2,1H3,(H,15,16,17,19);1H. The summed E-state index contributed by atoms with van der Waals surface area (Å²) in [5.41, 5.74) is 0. The number of amides is 1. The molecular weight excluding hydrogens is 278 g/mol. The molecular formula is C13H22ClN5O. The van der Waals surface area contributed by atoms with Crippen LogP contribution in [0.5, 0.6) is 0 Å². The fraction of sp³-hybridized carbons (Fsp3) is 0.769. The molecule has 2 N–H and O–H groups in total. The van der Waals surface area contributed by atoms with Gasteiger partial charge in [0, 0.05) is 18.9 Å². The van der Waals surface area contributed by atoms with Crippen molar-refractivity contribution in [3.8, 4) is 0 Å². The minimum absolute atomic E-state index is 0. The number of aromatic nitrogens is 3. The molecule has 1 aliphatic carbocycles. The minimum atomic E-state index is 0. The van der Waals surface area contributed by atoms with Crippen molar-refractivity contribution >= 4 is 24.3 Å². The van der Waals surface area contributed by atoms with E-state index in [0.717, 1.165) is 51.0 Å². The highest BCUT2D eigenvalue weighted by Gasteiger charge is 2.27. The summed E-state index contributed by atoms with van der Waals surface area (Å²) >= 11 is 0. The fourth-order valence-electron chi connectivity index (χ4n) is 2.65. The van der Waals surface area contributed by atoms with Gasteiger partial charge in [0.1, 0.15) is 0 Å². The van der Waals surface area contributed by atoms with Crippen molar-refractivity contribution in [2.45, 2.75) is 38.0 Å². The summed E-state index contributed by atoms with van der Waals surface area (Å²) in [7, 11) is 1.84. The molecule has 1 amide bonds. The Bertz CT molecular complexity index is 465. The molecule has 0 bridgehead atoms. The van der Waals surface area contributed by atoms with E-state index < -0.39 is 0 Å². The van der Waals surface area contributed by atoms with E-state index in [0.29, 0.717) is 11.9 Å². The maximum atomic E-state index is 11.9. The average Bonchev–Trinajstić information content (AvgIpc) is 2.70. The van der Waals surface area contributed by atoms with Gasteiger partial charge in [-0.15, -0.1) is 12.4 Å². The number of nitrogens with one attached hydrogen (secondary N) is 2. The largest absolute Gasteiger partial charge is 0.317 e. The number of hydrogen-bond donors (Lipinski definition) is 2. The number of hydrogen-bond acceptors (Lipinski definition) is 4. The second kappa shape index (κ2) is 6.54. The summed E-state index contributed by atoms with van der Waals surface area (Å²) in [6.45, 7) is 2.04. The van der Waals surface area contributed by atoms with Crippen molar-refractivity contribution in [2.24, 2.45) is 13.0 Å². The summed E-state index contributed by atoms with van der Waals surface area (Å²) in [5, 5.41) is 10.7. The van der Waals surface area contributed by atoms with E-state index >= 15 is 0 Å². The number of aryl methyl sites for hydroxylation is 1. The zero-order chi connectivity index (χ0) is 13.2. The lowest BCUT2D eigenvalue weighted by Crippen LogP contribution is -2.29. The predicted octanol–water partition coefficient (Wildman–Crippen LogP) is 1.44. The van der Waals surface area contributed by atoms with E-state index in [4.69, 9.17) is 0 Å². The fourth-order valence-corrected chi connectivity index (χ4v) is 2.65. The number of carbonyl (C=O) groups excluding carboxylic acids is 1. The van der Waals surface area contributed by atoms with Gasteiger partial charge in [-0.05, 0) is 38.8 Å². The number of piperidine rings is 1. The lowest BCUT2D eigenvalue weighted by Gasteiger charge is -2.23. The smallest absolute Gasteiger partial charge is 0.229 e. The van der Waals surface area contributed by atoms with Crippen LogP contribution < -0.4 is 10.6 Å². The van der Waals surface area contributed by atoms with Gasteiger partial charge in [-0.1, -0.05) is 6.42 Å². The first-order valence-corrected chi connectivity index (χ1v) is 7.16. The molecule has 3 rings (SSSR count). The van der Waals surface area contributed by atoms with E-state index in [1.807, 2.05) is 7.05 Å². The SMILES string of the molecule is Cl.Cn1nc(C2CCNCC2)nc1NC(=O)C1CCC1. The highest BCUT2D eigenvalue weighted by Crippen LogP contribution is 2.28. The second-order valence-corrected chi connectivity index (χ2v) is 5.56. The monoisotopic (exact) mass is 299 g/mol. The first kappa shape index (κ1) is 15.3. The van der Waals surface area contributed by atoms with Crippen LogP contribution in [0.4, 0.5) is 5.95 Å². The van der Waals surface area contributed by atoms with E-state index in [1.54, 1.807) is 4.68 Å². The Hall–Kier alpha value is -1.14. The molecule has 2 heterocycles. The van der Waals surface area contributed by atoms with E-state index in [1.165, 1.54) is 0 Å². The van der Waals surface area contributed by atoms with Crippen LogP contribution in [0.3, 0.4) is 0 Å². The summed E-state index contributed by atoms with van der Waals surface area (Å²) in [6, 6.07) is 0. The summed E-state index contributed by atoms with van der Waals surface area (Å²) < 4.78 is 1.69. The number of anilines is 1. The number of rotatable bonds is 3. The van der Waals surface area contributed by atoms with Crippen LogP contribution in [-0.4, -0.2) is 33.8 Å². The highest BCUT2D eigenvalue weighted by molar-refractivity contribution is 5.91. The van der Waals surface area contributed by atoms with Crippen molar-refractivity contribution in [3.05, 3.63) is 5.82 Å². The van der Waals surface area contributed by atoms with Crippen molar-refractivity contribution in [1.29, 1.82) is 0 Å². The summed E-state index contributed by atoms with van der Waals surface area (Å²) in [6.07, 6.45) is 5.31. The van der Waals surface area contributed by atoms with Gasteiger partial charge in [-0.25, -0.2) is 4.68 Å². The van der Waals surface area contributed by atoms with Crippen molar-refractivity contribution < 1.29 is 4.79 Å². The molecule has 20 heavy (non-hydrogen) atoms. The van der Waals surface area contributed by atoms with Gasteiger partial charge < -0.3 is 5.32 Å². The molecule has 1 saturated heterocycles. The molecule has 0 aromatic carbocycles. The third-order valence-corrected chi connectivity index (χ3v) is 4.19. The Morgan fingerprint density at radius 3 is 2.60 bits per heavy atom. The minimum Gasteiger partial charge on any atom is -0.317 e. The zero-order valence-electron chi connectivity index (χ0n) is 11.8. The molecule has 1 saturated carbocycles. The molecule has 0 spiro atoms. The molecule has 6 nitrogen and oxygen atoms in total. The Morgan fingerprint density at radius 2 is 2.00 bits per heavy atom. The Labute approximate surface area is 125 Å². The van der Waals surface area contributed by atoms with Gasteiger partial charge >= 0.3 is 0 Å². The maximum absolute atomic E-state index is 11.9. The third-order valence-electron chi connectivity index (χ3n) is 4.19. The van der Waals surface area contributed by atoms with Crippen LogP contribution in [0.25, 0.3) is 0 Å². The summed E-state index contributed by atoms with van der Waals surface area (Å²) in [5.74, 6) is 2.15. The van der Waals surface area contributed by atoms with Crippen molar-refractivity contribution in [1.82, 2.24) is 20.1 Å². The Balaban J connectivity index is 0.00000147. The molecule has 0 unspecified atom stereocenters. The third kappa shape index (κ3) is 3.12. The first-order chi connectivity index (χ1) is 9.24. The van der Waals surface area contributed by atoms with Crippen molar-refractivity contribution in [3.63, 3.8) is 0 Å². The van der Waals surface area contributed by atoms with Crippen molar-refractivity contribution in [2.75, 3.05) is 18.4 Å². The number of nitrogens with zero attached hydrogens (tertiary/aromatic N) is 3. The summed E-state index contributed by atoms with van der Waals surface area (Å²) in [4.78, 5) is 16.4. The topological polar surface area (TPSA) is 71.8 Å². The van der Waals surface area contributed by atoms with Gasteiger partial charge in [0.05, 0.1) is 0 Å². The highest BCUT2D eigenvalue weighted by atomic mass is 35.5. The normalized spacial score (nSPS) is 20.1. The lowest BCUT2D eigenvalue weighted by molar-refractivity contribution is -0.122. The molecule has 112 valence electrons. The quantitative estimate of drug-likeness (QED) is 0.886.